The van der Waals surface area contributed by atoms with Crippen LogP contribution in [0, 0.1) is 0 Å². The highest BCUT2D eigenvalue weighted by molar-refractivity contribution is 7.91. The van der Waals surface area contributed by atoms with Crippen LogP contribution in [0.3, 0.4) is 0 Å². The van der Waals surface area contributed by atoms with Gasteiger partial charge in [0.1, 0.15) is 10.6 Å². The van der Waals surface area contributed by atoms with Gasteiger partial charge in [0.05, 0.1) is 37.4 Å². The molecule has 1 heterocycles. The third-order valence-corrected chi connectivity index (χ3v) is 8.02. The molecule has 0 unspecified atom stereocenters. The third-order valence-electron chi connectivity index (χ3n) is 6.25. The maximum absolute atomic E-state index is 13.9. The molecule has 0 aliphatic carbocycles. The summed E-state index contributed by atoms with van der Waals surface area (Å²) in [4.78, 5) is 9.27. The summed E-state index contributed by atoms with van der Waals surface area (Å²) in [5, 5.41) is 0.693. The number of benzene rings is 2. The zero-order chi connectivity index (χ0) is 25.6. The summed E-state index contributed by atoms with van der Waals surface area (Å²) in [7, 11) is 0.803. The number of anilines is 1. The lowest BCUT2D eigenvalue weighted by atomic mass is 10.1. The number of nitrogens with zero attached hydrogens (tertiary/aromatic N) is 3. The number of sulfone groups is 1. The maximum Gasteiger partial charge on any atom is 0.210 e. The van der Waals surface area contributed by atoms with Gasteiger partial charge in [-0.05, 0) is 50.3 Å². The average molecular weight is 502 g/mol. The first-order valence-corrected chi connectivity index (χ1v) is 13.2. The molecule has 0 bridgehead atoms. The Hall–Kier alpha value is -3.04. The number of hydrogen-bond acceptors (Lipinski definition) is 8. The molecule has 0 fully saturated rings. The molecular weight excluding hydrogens is 466 g/mol. The van der Waals surface area contributed by atoms with E-state index in [9.17, 15) is 8.42 Å². The second-order valence-electron chi connectivity index (χ2n) is 7.98. The van der Waals surface area contributed by atoms with Crippen LogP contribution >= 0.6 is 0 Å². The van der Waals surface area contributed by atoms with Gasteiger partial charge < -0.3 is 24.0 Å². The lowest BCUT2D eigenvalue weighted by molar-refractivity contribution is 0.310. The summed E-state index contributed by atoms with van der Waals surface area (Å²) in [5.74, 6) is 1.64. The monoisotopic (exact) mass is 501 g/mol. The molecule has 190 valence electrons. The smallest absolute Gasteiger partial charge is 0.210 e. The number of pyridine rings is 1. The Balaban J connectivity index is 2.26. The zero-order valence-electron chi connectivity index (χ0n) is 21.4. The van der Waals surface area contributed by atoms with Crippen LogP contribution in [-0.2, 0) is 9.84 Å². The summed E-state index contributed by atoms with van der Waals surface area (Å²) >= 11 is 0. The van der Waals surface area contributed by atoms with Crippen molar-refractivity contribution in [2.45, 2.75) is 30.6 Å². The van der Waals surface area contributed by atoms with Crippen molar-refractivity contribution < 1.29 is 22.6 Å². The van der Waals surface area contributed by atoms with Gasteiger partial charge in [-0.3, -0.25) is 4.98 Å². The molecule has 9 heteroatoms. The van der Waals surface area contributed by atoms with E-state index >= 15 is 0 Å². The minimum Gasteiger partial charge on any atom is -0.497 e. The molecule has 8 nitrogen and oxygen atoms in total. The fourth-order valence-electron chi connectivity index (χ4n) is 4.12. The van der Waals surface area contributed by atoms with Gasteiger partial charge in [0.15, 0.2) is 11.5 Å². The van der Waals surface area contributed by atoms with Gasteiger partial charge in [-0.1, -0.05) is 13.8 Å². The lowest BCUT2D eigenvalue weighted by Crippen LogP contribution is -2.35. The van der Waals surface area contributed by atoms with Crippen molar-refractivity contribution in [3.8, 4) is 17.2 Å². The van der Waals surface area contributed by atoms with Crippen LogP contribution < -0.4 is 19.1 Å². The predicted molar refractivity (Wildman–Crippen MR) is 139 cm³/mol. The quantitative estimate of drug-likeness (QED) is 0.364. The average Bonchev–Trinajstić information content (AvgIpc) is 2.90. The summed E-state index contributed by atoms with van der Waals surface area (Å²) in [6.45, 7) is 10.2. The number of fused-ring (bicyclic) bond motifs is 1. The summed E-state index contributed by atoms with van der Waals surface area (Å²) in [6, 6.07) is 9.99. The normalized spacial score (nSPS) is 11.6. The van der Waals surface area contributed by atoms with Crippen LogP contribution in [0.5, 0.6) is 17.2 Å². The topological polar surface area (TPSA) is 81.2 Å². The Bertz CT molecular complexity index is 1240. The van der Waals surface area contributed by atoms with Crippen LogP contribution in [0.4, 0.5) is 5.69 Å². The summed E-state index contributed by atoms with van der Waals surface area (Å²) in [5.41, 5.74) is 1.24. The summed E-state index contributed by atoms with van der Waals surface area (Å²) in [6.07, 6.45) is 1.45. The van der Waals surface area contributed by atoms with Crippen molar-refractivity contribution in [3.05, 3.63) is 42.6 Å². The molecule has 0 saturated heterocycles. The van der Waals surface area contributed by atoms with Gasteiger partial charge in [0, 0.05) is 37.3 Å². The van der Waals surface area contributed by atoms with E-state index in [0.717, 1.165) is 19.6 Å². The van der Waals surface area contributed by atoms with Crippen molar-refractivity contribution in [1.29, 1.82) is 0 Å². The van der Waals surface area contributed by atoms with Gasteiger partial charge in [-0.15, -0.1) is 0 Å². The van der Waals surface area contributed by atoms with Gasteiger partial charge in [-0.2, -0.15) is 0 Å². The lowest BCUT2D eigenvalue weighted by Gasteiger charge is -2.30. The molecule has 0 aliphatic heterocycles. The highest BCUT2D eigenvalue weighted by Gasteiger charge is 2.27. The number of likely N-dealkylation sites (N-methyl/N-ethyl adjacent to an activating group) is 2. The molecule has 0 N–H and O–H groups in total. The molecule has 0 atom stereocenters. The van der Waals surface area contributed by atoms with Crippen LogP contribution in [0.25, 0.3) is 10.9 Å². The van der Waals surface area contributed by atoms with E-state index in [0.29, 0.717) is 46.9 Å². The van der Waals surface area contributed by atoms with E-state index in [1.165, 1.54) is 6.20 Å². The standard InChI is InChI=1S/C26H35N3O5S/c1-7-28(8-2)14-15-29(9-3)26-21-16-23(33-5)24(34-6)17-22(21)27-18-25(26)35(30,31)20-12-10-19(32-4)11-13-20/h10-13,16-18H,7-9,14-15H2,1-6H3. The minimum atomic E-state index is -3.87. The molecule has 0 aliphatic rings. The SMILES string of the molecule is CCN(CC)CCN(CC)c1c(S(=O)(=O)c2ccc(OC)cc2)cnc2cc(OC)c(OC)cc12. The number of hydrogen-bond donors (Lipinski definition) is 0. The first-order valence-electron chi connectivity index (χ1n) is 11.8. The Labute approximate surface area is 208 Å². The molecular formula is C26H35N3O5S. The van der Waals surface area contributed by atoms with Crippen molar-refractivity contribution in [2.75, 3.05) is 59.0 Å². The number of ether oxygens (including phenoxy) is 3. The second kappa shape index (κ2) is 11.6. The first-order chi connectivity index (χ1) is 16.8. The molecule has 35 heavy (non-hydrogen) atoms. The van der Waals surface area contributed by atoms with Crippen molar-refractivity contribution in [2.24, 2.45) is 0 Å². The molecule has 0 radical (unpaired) electrons. The van der Waals surface area contributed by atoms with Crippen LogP contribution in [0.1, 0.15) is 20.8 Å². The molecule has 0 saturated carbocycles. The largest absolute Gasteiger partial charge is 0.497 e. The highest BCUT2D eigenvalue weighted by Crippen LogP contribution is 2.40. The third kappa shape index (κ3) is 5.46. The molecule has 3 rings (SSSR count). The molecule has 0 spiro atoms. The van der Waals surface area contributed by atoms with Gasteiger partial charge in [0.25, 0.3) is 0 Å². The fourth-order valence-corrected chi connectivity index (χ4v) is 5.55. The van der Waals surface area contributed by atoms with Crippen molar-refractivity contribution in [1.82, 2.24) is 9.88 Å². The van der Waals surface area contributed by atoms with Crippen molar-refractivity contribution in [3.63, 3.8) is 0 Å². The second-order valence-corrected chi connectivity index (χ2v) is 9.90. The Morgan fingerprint density at radius 1 is 0.829 bits per heavy atom. The maximum atomic E-state index is 13.9. The van der Waals surface area contributed by atoms with Gasteiger partial charge in [-0.25, -0.2) is 8.42 Å². The van der Waals surface area contributed by atoms with Gasteiger partial charge >= 0.3 is 0 Å². The highest BCUT2D eigenvalue weighted by atomic mass is 32.2. The van der Waals surface area contributed by atoms with Crippen LogP contribution in [-0.4, -0.2) is 72.4 Å². The van der Waals surface area contributed by atoms with E-state index in [1.54, 1.807) is 51.7 Å². The predicted octanol–water partition coefficient (Wildman–Crippen LogP) is 4.26. The Morgan fingerprint density at radius 3 is 2.00 bits per heavy atom. The van der Waals surface area contributed by atoms with Gasteiger partial charge in [0.2, 0.25) is 9.84 Å². The molecule has 1 aromatic heterocycles. The number of rotatable bonds is 12. The van der Waals surface area contributed by atoms with E-state index in [4.69, 9.17) is 14.2 Å². The van der Waals surface area contributed by atoms with Crippen LogP contribution in [0.15, 0.2) is 52.4 Å². The van der Waals surface area contributed by atoms with E-state index < -0.39 is 9.84 Å². The van der Waals surface area contributed by atoms with Crippen molar-refractivity contribution >= 4 is 26.4 Å². The molecule has 3 aromatic rings. The molecule has 0 amide bonds. The fraction of sp³-hybridized carbons (Fsp3) is 0.423. The Morgan fingerprint density at radius 2 is 1.46 bits per heavy atom. The van der Waals surface area contributed by atoms with E-state index in [-0.39, 0.29) is 9.79 Å². The number of aromatic nitrogens is 1. The first kappa shape index (κ1) is 26.6. The summed E-state index contributed by atoms with van der Waals surface area (Å²) < 4.78 is 43.9. The number of methoxy groups -OCH3 is 3. The van der Waals surface area contributed by atoms with Crippen LogP contribution in [0.2, 0.25) is 0 Å². The molecule has 2 aromatic carbocycles. The minimum absolute atomic E-state index is 0.156. The Kier molecular flexibility index (Phi) is 8.80. The zero-order valence-corrected chi connectivity index (χ0v) is 22.2. The van der Waals surface area contributed by atoms with E-state index in [1.807, 2.05) is 13.0 Å². The van der Waals surface area contributed by atoms with E-state index in [2.05, 4.69) is 28.6 Å².